The van der Waals surface area contributed by atoms with Crippen LogP contribution in [0.4, 0.5) is 0 Å². The van der Waals surface area contributed by atoms with E-state index >= 15 is 0 Å². The molecule has 0 aromatic rings. The molecule has 0 heterocycles. The van der Waals surface area contributed by atoms with Gasteiger partial charge in [0, 0.05) is 56.5 Å². The zero-order valence-electron chi connectivity index (χ0n) is 23.6. The molecule has 0 radical (unpaired) electrons. The summed E-state index contributed by atoms with van der Waals surface area (Å²) < 4.78 is 8.94. The van der Waals surface area contributed by atoms with Crippen LogP contribution in [0.3, 0.4) is 0 Å². The molecule has 9 heteroatoms. The highest BCUT2D eigenvalue weighted by molar-refractivity contribution is 14.3. The molecule has 3 atom stereocenters. The second-order valence-electron chi connectivity index (χ2n) is 11.9. The molecule has 0 bridgehead atoms. The molecular formula is C23H53I3N4SSi. The van der Waals surface area contributed by atoms with Crippen molar-refractivity contribution in [3.05, 3.63) is 0 Å². The molecular weight excluding hydrogens is 773 g/mol. The third kappa shape index (κ3) is 9.16. The fraction of sp³-hybridized carbons (Fsp3) is 1.00. The molecule has 0 fully saturated rings. The van der Waals surface area contributed by atoms with Gasteiger partial charge in [-0.1, -0.05) is 71.9 Å². The Hall–Kier alpha value is 2.60. The van der Waals surface area contributed by atoms with Gasteiger partial charge in [0.05, 0.1) is 0 Å². The normalized spacial score (nSPS) is 19.4. The highest BCUT2D eigenvalue weighted by Gasteiger charge is 2.52. The molecule has 0 saturated carbocycles. The Morgan fingerprint density at radius 1 is 0.688 bits per heavy atom. The largest absolute Gasteiger partial charge is 0.344 e. The van der Waals surface area contributed by atoms with Crippen LogP contribution in [-0.4, -0.2) is 76.7 Å². The monoisotopic (exact) mass is 826 g/mol. The van der Waals surface area contributed by atoms with Gasteiger partial charge in [-0.05, 0) is 95.5 Å². The maximum atomic E-state index is 2.88. The zero-order valence-corrected chi connectivity index (χ0v) is 31.8. The van der Waals surface area contributed by atoms with E-state index in [1.807, 2.05) is 0 Å². The Bertz CT molecular complexity index is 577. The van der Waals surface area contributed by atoms with Crippen molar-refractivity contribution in [2.45, 2.75) is 131 Å². The van der Waals surface area contributed by atoms with Crippen LogP contribution in [0.5, 0.6) is 0 Å². The summed E-state index contributed by atoms with van der Waals surface area (Å²) in [7, 11) is 3.62. The van der Waals surface area contributed by atoms with Crippen molar-refractivity contribution in [2.75, 3.05) is 20.4 Å². The number of hydrogen-bond donors (Lipinski definition) is 0. The quantitative estimate of drug-likeness (QED) is 0.118. The molecule has 4 nitrogen and oxygen atoms in total. The SMILES string of the molecule is CC(C)N(C(C)(C)C)[Si](I)(I)N(C(C)CCC(C)N(C)S(C)(I)N(C)C(C)C)C(C)(C)C. The molecule has 0 aromatic heterocycles. The van der Waals surface area contributed by atoms with Gasteiger partial charge in [0.2, 0.25) is 0 Å². The third-order valence-electron chi connectivity index (χ3n) is 6.38. The lowest BCUT2D eigenvalue weighted by atomic mass is 10.0. The van der Waals surface area contributed by atoms with Gasteiger partial charge in [-0.25, -0.2) is 8.61 Å². The predicted molar refractivity (Wildman–Crippen MR) is 178 cm³/mol. The summed E-state index contributed by atoms with van der Waals surface area (Å²) in [5.41, 5.74) is 0.274. The minimum Gasteiger partial charge on any atom is -0.289 e. The summed E-state index contributed by atoms with van der Waals surface area (Å²) in [5.74, 6) is 0. The average Bonchev–Trinajstić information content (AvgIpc) is 2.54. The minimum absolute atomic E-state index is 0.127. The van der Waals surface area contributed by atoms with Gasteiger partial charge in [-0.2, -0.15) is 0 Å². The summed E-state index contributed by atoms with van der Waals surface area (Å²) in [6.45, 7) is 28.6. The Morgan fingerprint density at radius 3 is 1.38 bits per heavy atom. The fourth-order valence-electron chi connectivity index (χ4n) is 4.64. The van der Waals surface area contributed by atoms with Crippen LogP contribution in [0.15, 0.2) is 0 Å². The molecule has 0 aliphatic heterocycles. The third-order valence-corrected chi connectivity index (χ3v) is 22.7. The molecule has 0 amide bonds. The van der Waals surface area contributed by atoms with Crippen LogP contribution in [0.2, 0.25) is 0 Å². The standard InChI is InChI=1S/C23H53I3N4SSi/c1-18(2)27(13)31(15,24)28(14)20(5)16-17-21(6)30(23(10,11)12)32(25,26)29(19(3)4)22(7,8)9/h18-21H,16-17H2,1-15H3. The van der Waals surface area contributed by atoms with Crippen molar-refractivity contribution in [1.29, 1.82) is 0 Å². The highest BCUT2D eigenvalue weighted by Crippen LogP contribution is 2.59. The van der Waals surface area contributed by atoms with E-state index in [-0.39, 0.29) is 11.1 Å². The molecule has 0 saturated heterocycles. The molecule has 0 spiro atoms. The fourth-order valence-corrected chi connectivity index (χ4v) is 27.1. The number of rotatable bonds is 11. The first-order valence-corrected chi connectivity index (χ1v) is 24.5. The lowest BCUT2D eigenvalue weighted by molar-refractivity contribution is 0.131. The summed E-state index contributed by atoms with van der Waals surface area (Å²) in [4.78, 5) is 0. The van der Waals surface area contributed by atoms with Gasteiger partial charge in [0.25, 0.3) is 0 Å². The van der Waals surface area contributed by atoms with Gasteiger partial charge in [0.1, 0.15) is 0 Å². The number of nitrogens with zero attached hydrogens (tertiary/aromatic N) is 4. The van der Waals surface area contributed by atoms with Gasteiger partial charge >= 0.3 is 3.39 Å². The first-order valence-electron chi connectivity index (χ1n) is 11.9. The van der Waals surface area contributed by atoms with E-state index < -0.39 is 11.0 Å². The van der Waals surface area contributed by atoms with E-state index in [1.54, 1.807) is 0 Å². The van der Waals surface area contributed by atoms with Crippen molar-refractivity contribution >= 4 is 75.8 Å². The van der Waals surface area contributed by atoms with Crippen molar-refractivity contribution in [2.24, 2.45) is 0 Å². The molecule has 0 rings (SSSR count). The van der Waals surface area contributed by atoms with Crippen LogP contribution in [0, 0.1) is 0 Å². The van der Waals surface area contributed by atoms with E-state index in [9.17, 15) is 0 Å². The average molecular weight is 827 g/mol. The molecule has 196 valence electrons. The maximum absolute atomic E-state index is 2.88. The van der Waals surface area contributed by atoms with Crippen LogP contribution >= 0.6 is 72.4 Å². The first kappa shape index (κ1) is 34.6. The van der Waals surface area contributed by atoms with E-state index in [2.05, 4.69) is 186 Å². The molecule has 0 aromatic carbocycles. The number of hydrogen-bond acceptors (Lipinski definition) is 4. The van der Waals surface area contributed by atoms with Crippen molar-refractivity contribution in [3.8, 4) is 0 Å². The highest BCUT2D eigenvalue weighted by atomic mass is 127. The van der Waals surface area contributed by atoms with Crippen molar-refractivity contribution in [1.82, 2.24) is 17.7 Å². The van der Waals surface area contributed by atoms with Crippen LogP contribution in [0.1, 0.15) is 95.9 Å². The Morgan fingerprint density at radius 2 is 1.06 bits per heavy atom. The maximum Gasteiger partial charge on any atom is 0.344 e. The molecule has 3 unspecified atom stereocenters. The second-order valence-corrected chi connectivity index (χ2v) is 36.7. The van der Waals surface area contributed by atoms with Crippen LogP contribution in [0.25, 0.3) is 0 Å². The lowest BCUT2D eigenvalue weighted by Gasteiger charge is -2.56. The Labute approximate surface area is 242 Å². The van der Waals surface area contributed by atoms with Crippen molar-refractivity contribution < 1.29 is 0 Å². The summed E-state index contributed by atoms with van der Waals surface area (Å²) in [6, 6.07) is 2.17. The number of halogens is 3. The minimum atomic E-state index is -1.94. The molecule has 0 N–H and O–H groups in total. The van der Waals surface area contributed by atoms with Gasteiger partial charge in [0.15, 0.2) is 0 Å². The van der Waals surface area contributed by atoms with Gasteiger partial charge < -0.3 is 0 Å². The zero-order chi connectivity index (χ0) is 26.0. The van der Waals surface area contributed by atoms with Gasteiger partial charge in [-0.15, -0.1) is 0 Å². The predicted octanol–water partition coefficient (Wildman–Crippen LogP) is 8.35. The van der Waals surface area contributed by atoms with Crippen LogP contribution < -0.4 is 0 Å². The van der Waals surface area contributed by atoms with E-state index in [0.717, 1.165) is 0 Å². The first-order chi connectivity index (χ1) is 14.0. The Kier molecular flexibility index (Phi) is 14.0. The lowest BCUT2D eigenvalue weighted by Crippen LogP contribution is -2.70. The van der Waals surface area contributed by atoms with E-state index in [4.69, 9.17) is 0 Å². The van der Waals surface area contributed by atoms with E-state index in [0.29, 0.717) is 24.2 Å². The summed E-state index contributed by atoms with van der Waals surface area (Å²) in [5, 5.41) is 0. The van der Waals surface area contributed by atoms with E-state index in [1.165, 1.54) is 12.8 Å². The topological polar surface area (TPSA) is 13.0 Å². The molecule has 0 aliphatic rings. The molecule has 0 aliphatic carbocycles. The molecule has 32 heavy (non-hydrogen) atoms. The second kappa shape index (κ2) is 12.9. The van der Waals surface area contributed by atoms with Crippen LogP contribution in [-0.2, 0) is 0 Å². The summed E-state index contributed by atoms with van der Waals surface area (Å²) in [6.07, 6.45) is 4.86. The van der Waals surface area contributed by atoms with Gasteiger partial charge in [-0.3, -0.25) is 9.13 Å². The Balaban J connectivity index is 5.74. The smallest absolute Gasteiger partial charge is 0.289 e. The van der Waals surface area contributed by atoms with Crippen molar-refractivity contribution in [3.63, 3.8) is 0 Å². The summed E-state index contributed by atoms with van der Waals surface area (Å²) >= 11 is 8.39.